The number of methoxy groups -OCH3 is 1. The van der Waals surface area contributed by atoms with E-state index in [1.807, 2.05) is 0 Å². The molecule has 1 amide bonds. The lowest BCUT2D eigenvalue weighted by atomic mass is 10.4. The Bertz CT molecular complexity index is 225. The Hall–Kier alpha value is -1.52. The second kappa shape index (κ2) is 3.25. The van der Waals surface area contributed by atoms with Crippen molar-refractivity contribution in [3.05, 3.63) is 12.7 Å². The van der Waals surface area contributed by atoms with Crippen molar-refractivity contribution in [2.24, 2.45) is 0 Å². The minimum absolute atomic E-state index is 0.290. The van der Waals surface area contributed by atoms with Gasteiger partial charge in [0.1, 0.15) is 0 Å². The van der Waals surface area contributed by atoms with E-state index < -0.39 is 18.3 Å². The van der Waals surface area contributed by atoms with Crippen molar-refractivity contribution in [2.45, 2.75) is 6.23 Å². The third kappa shape index (κ3) is 1.25. The second-order valence-electron chi connectivity index (χ2n) is 2.20. The molecule has 0 radical (unpaired) electrons. The van der Waals surface area contributed by atoms with E-state index in [-0.39, 0.29) is 0 Å². The van der Waals surface area contributed by atoms with Crippen LogP contribution in [0.1, 0.15) is 0 Å². The van der Waals surface area contributed by atoms with E-state index in [4.69, 9.17) is 0 Å². The van der Waals surface area contributed by atoms with E-state index in [1.54, 1.807) is 0 Å². The molecule has 0 aromatic heterocycles. The first-order valence-electron chi connectivity index (χ1n) is 3.36. The quantitative estimate of drug-likeness (QED) is 0.447. The van der Waals surface area contributed by atoms with Crippen LogP contribution in [0.2, 0.25) is 0 Å². The Morgan fingerprint density at radius 3 is 3.00 bits per heavy atom. The lowest BCUT2D eigenvalue weighted by Crippen LogP contribution is -2.58. The molecular weight excluding hydrogens is 162 g/mol. The van der Waals surface area contributed by atoms with Crippen LogP contribution in [-0.4, -0.2) is 36.8 Å². The van der Waals surface area contributed by atoms with Crippen molar-refractivity contribution in [3.8, 4) is 0 Å². The van der Waals surface area contributed by atoms with Crippen molar-refractivity contribution in [3.63, 3.8) is 0 Å². The smallest absolute Gasteiger partial charge is 0.415 e. The number of ether oxygens (including phenoxy) is 2. The van der Waals surface area contributed by atoms with Gasteiger partial charge in [0.25, 0.3) is 6.23 Å². The van der Waals surface area contributed by atoms with Crippen LogP contribution in [0.4, 0.5) is 4.79 Å². The van der Waals surface area contributed by atoms with Gasteiger partial charge in [0.2, 0.25) is 0 Å². The summed E-state index contributed by atoms with van der Waals surface area (Å²) in [6, 6.07) is 0. The van der Waals surface area contributed by atoms with Crippen LogP contribution >= 0.6 is 0 Å². The highest BCUT2D eigenvalue weighted by Crippen LogP contribution is 2.17. The number of esters is 1. The number of hydrogen-bond acceptors (Lipinski definition) is 4. The van der Waals surface area contributed by atoms with Gasteiger partial charge in [-0.25, -0.2) is 9.59 Å². The Morgan fingerprint density at radius 2 is 2.58 bits per heavy atom. The van der Waals surface area contributed by atoms with Crippen molar-refractivity contribution in [2.75, 3.05) is 13.7 Å². The SMILES string of the molecule is C=CCN1C(=O)OC1C(=O)OC. The highest BCUT2D eigenvalue weighted by Gasteiger charge is 2.43. The molecule has 66 valence electrons. The van der Waals surface area contributed by atoms with Crippen LogP contribution in [0.25, 0.3) is 0 Å². The number of carbonyl (C=O) groups is 2. The van der Waals surface area contributed by atoms with Crippen molar-refractivity contribution in [1.29, 1.82) is 0 Å². The molecule has 0 N–H and O–H groups in total. The van der Waals surface area contributed by atoms with Crippen LogP contribution in [-0.2, 0) is 14.3 Å². The molecule has 0 aromatic carbocycles. The zero-order valence-corrected chi connectivity index (χ0v) is 6.65. The largest absolute Gasteiger partial charge is 0.465 e. The summed E-state index contributed by atoms with van der Waals surface area (Å²) in [5, 5.41) is 0. The van der Waals surface area contributed by atoms with Gasteiger partial charge in [-0.3, -0.25) is 4.90 Å². The van der Waals surface area contributed by atoms with Crippen LogP contribution in [0.5, 0.6) is 0 Å². The maximum absolute atomic E-state index is 10.8. The van der Waals surface area contributed by atoms with Crippen LogP contribution in [0.3, 0.4) is 0 Å². The van der Waals surface area contributed by atoms with E-state index in [1.165, 1.54) is 18.1 Å². The number of amides is 1. The number of hydrogen-bond donors (Lipinski definition) is 0. The molecule has 1 unspecified atom stereocenters. The first-order valence-corrected chi connectivity index (χ1v) is 3.36. The first kappa shape index (κ1) is 8.58. The summed E-state index contributed by atoms with van der Waals surface area (Å²) in [6.07, 6.45) is 0.0990. The fraction of sp³-hybridized carbons (Fsp3) is 0.429. The predicted octanol–water partition coefficient (Wildman–Crippen LogP) is 0.124. The molecule has 1 aliphatic rings. The molecule has 0 spiro atoms. The van der Waals surface area contributed by atoms with Gasteiger partial charge in [0, 0.05) is 6.54 Å². The molecule has 1 fully saturated rings. The van der Waals surface area contributed by atoms with E-state index in [2.05, 4.69) is 16.1 Å². The third-order valence-electron chi connectivity index (χ3n) is 1.46. The minimum Gasteiger partial charge on any atom is -0.465 e. The summed E-state index contributed by atoms with van der Waals surface area (Å²) >= 11 is 0. The number of carbonyl (C=O) groups excluding carboxylic acids is 2. The van der Waals surface area contributed by atoms with E-state index >= 15 is 0 Å². The predicted molar refractivity (Wildman–Crippen MR) is 39.2 cm³/mol. The van der Waals surface area contributed by atoms with Crippen molar-refractivity contribution >= 4 is 12.1 Å². The molecule has 1 atom stereocenters. The van der Waals surface area contributed by atoms with Crippen LogP contribution in [0, 0.1) is 0 Å². The fourth-order valence-electron chi connectivity index (χ4n) is 0.859. The van der Waals surface area contributed by atoms with E-state index in [0.717, 1.165) is 0 Å². The summed E-state index contributed by atoms with van der Waals surface area (Å²) in [4.78, 5) is 22.8. The van der Waals surface area contributed by atoms with Gasteiger partial charge in [-0.05, 0) is 0 Å². The average molecular weight is 171 g/mol. The first-order chi connectivity index (χ1) is 5.70. The Labute approximate surface area is 69.5 Å². The topological polar surface area (TPSA) is 55.8 Å². The lowest BCUT2D eigenvalue weighted by Gasteiger charge is -2.36. The van der Waals surface area contributed by atoms with Crippen molar-refractivity contribution < 1.29 is 19.1 Å². The second-order valence-corrected chi connectivity index (χ2v) is 2.20. The van der Waals surface area contributed by atoms with E-state index in [9.17, 15) is 9.59 Å². The van der Waals surface area contributed by atoms with Crippen LogP contribution < -0.4 is 0 Å². The Kier molecular flexibility index (Phi) is 2.32. The molecule has 0 saturated carbocycles. The normalized spacial score (nSPS) is 20.9. The molecular formula is C7H9NO4. The molecule has 1 heterocycles. The molecule has 5 heteroatoms. The fourth-order valence-corrected chi connectivity index (χ4v) is 0.859. The maximum atomic E-state index is 10.8. The van der Waals surface area contributed by atoms with Crippen LogP contribution in [0.15, 0.2) is 12.7 Å². The summed E-state index contributed by atoms with van der Waals surface area (Å²) < 4.78 is 8.91. The van der Waals surface area contributed by atoms with Gasteiger partial charge >= 0.3 is 12.1 Å². The van der Waals surface area contributed by atoms with Gasteiger partial charge in [0.15, 0.2) is 0 Å². The van der Waals surface area contributed by atoms with Gasteiger partial charge in [-0.1, -0.05) is 6.08 Å². The number of cyclic esters (lactones) is 1. The lowest BCUT2D eigenvalue weighted by molar-refractivity contribution is -0.174. The maximum Gasteiger partial charge on any atom is 0.415 e. The molecule has 0 aromatic rings. The number of rotatable bonds is 3. The molecule has 1 rings (SSSR count). The standard InChI is InChI=1S/C7H9NO4/c1-3-4-8-5(6(9)11-2)12-7(8)10/h3,5H,1,4H2,2H3. The molecule has 0 bridgehead atoms. The van der Waals surface area contributed by atoms with Crippen molar-refractivity contribution in [1.82, 2.24) is 4.90 Å². The number of nitrogens with zero attached hydrogens (tertiary/aromatic N) is 1. The van der Waals surface area contributed by atoms with E-state index in [0.29, 0.717) is 6.54 Å². The summed E-state index contributed by atoms with van der Waals surface area (Å²) in [7, 11) is 1.24. The Morgan fingerprint density at radius 1 is 1.92 bits per heavy atom. The van der Waals surface area contributed by atoms with Gasteiger partial charge in [-0.2, -0.15) is 0 Å². The zero-order chi connectivity index (χ0) is 9.14. The molecule has 1 saturated heterocycles. The molecule has 12 heavy (non-hydrogen) atoms. The summed E-state index contributed by atoms with van der Waals surface area (Å²) in [5.41, 5.74) is 0. The average Bonchev–Trinajstić information content (AvgIpc) is 2.09. The van der Waals surface area contributed by atoms with Gasteiger partial charge < -0.3 is 9.47 Å². The Balaban J connectivity index is 2.53. The molecule has 5 nitrogen and oxygen atoms in total. The van der Waals surface area contributed by atoms with Gasteiger partial charge in [0.05, 0.1) is 7.11 Å². The minimum atomic E-state index is -0.888. The summed E-state index contributed by atoms with van der Waals surface area (Å²) in [6.45, 7) is 3.73. The molecule has 1 aliphatic heterocycles. The highest BCUT2D eigenvalue weighted by atomic mass is 16.6. The molecule has 0 aliphatic carbocycles. The monoisotopic (exact) mass is 171 g/mol. The summed E-state index contributed by atoms with van der Waals surface area (Å²) in [5.74, 6) is -0.573. The highest BCUT2D eigenvalue weighted by molar-refractivity contribution is 5.87. The third-order valence-corrected chi connectivity index (χ3v) is 1.46. The van der Waals surface area contributed by atoms with Gasteiger partial charge in [-0.15, -0.1) is 6.58 Å². The zero-order valence-electron chi connectivity index (χ0n) is 6.65.